The molecule has 88 valence electrons. The average Bonchev–Trinajstić information content (AvgIpc) is 2.60. The van der Waals surface area contributed by atoms with Crippen molar-refractivity contribution in [3.63, 3.8) is 0 Å². The van der Waals surface area contributed by atoms with Gasteiger partial charge < -0.3 is 9.67 Å². The molecule has 1 heterocycles. The summed E-state index contributed by atoms with van der Waals surface area (Å²) in [4.78, 5) is 10.9. The molecule has 0 bridgehead atoms. The molecule has 0 radical (unpaired) electrons. The van der Waals surface area contributed by atoms with Gasteiger partial charge in [-0.2, -0.15) is 0 Å². The first-order valence-corrected chi connectivity index (χ1v) is 5.64. The number of carboxylic acid groups (broad SMARTS) is 1. The maximum atomic E-state index is 13.0. The lowest BCUT2D eigenvalue weighted by Crippen LogP contribution is -2.05. The molecule has 0 spiro atoms. The van der Waals surface area contributed by atoms with E-state index in [1.54, 1.807) is 23.7 Å². The van der Waals surface area contributed by atoms with Gasteiger partial charge in [-0.05, 0) is 46.3 Å². The fourth-order valence-electron chi connectivity index (χ4n) is 1.69. The number of halogens is 2. The quantitative estimate of drug-likeness (QED) is 0.924. The van der Waals surface area contributed by atoms with E-state index in [2.05, 4.69) is 15.9 Å². The van der Waals surface area contributed by atoms with Gasteiger partial charge in [0.2, 0.25) is 0 Å². The zero-order valence-electron chi connectivity index (χ0n) is 8.95. The normalized spacial score (nSPS) is 10.5. The third kappa shape index (κ3) is 2.10. The Balaban J connectivity index is 2.57. The second kappa shape index (κ2) is 4.33. The summed E-state index contributed by atoms with van der Waals surface area (Å²) in [5, 5.41) is 8.95. The predicted octanol–water partition coefficient (Wildman–Crippen LogP) is 3.29. The van der Waals surface area contributed by atoms with Gasteiger partial charge >= 0.3 is 5.97 Å². The first kappa shape index (κ1) is 11.9. The van der Waals surface area contributed by atoms with Crippen LogP contribution < -0.4 is 0 Å². The van der Waals surface area contributed by atoms with E-state index in [1.165, 1.54) is 18.2 Å². The van der Waals surface area contributed by atoms with E-state index in [4.69, 9.17) is 5.11 Å². The maximum absolute atomic E-state index is 13.0. The number of benzene rings is 1. The summed E-state index contributed by atoms with van der Waals surface area (Å²) in [6, 6.07) is 7.52. The van der Waals surface area contributed by atoms with Crippen LogP contribution >= 0.6 is 15.9 Å². The van der Waals surface area contributed by atoms with E-state index < -0.39 is 5.97 Å². The van der Waals surface area contributed by atoms with Gasteiger partial charge in [-0.1, -0.05) is 0 Å². The summed E-state index contributed by atoms with van der Waals surface area (Å²) < 4.78 is 15.1. The Morgan fingerprint density at radius 1 is 1.35 bits per heavy atom. The van der Waals surface area contributed by atoms with Crippen molar-refractivity contribution in [1.29, 1.82) is 0 Å². The van der Waals surface area contributed by atoms with E-state index >= 15 is 0 Å². The van der Waals surface area contributed by atoms with Crippen molar-refractivity contribution in [2.45, 2.75) is 0 Å². The molecule has 1 aromatic carbocycles. The van der Waals surface area contributed by atoms with E-state index in [-0.39, 0.29) is 11.5 Å². The molecule has 0 unspecified atom stereocenters. The molecule has 0 fully saturated rings. The second-order valence-electron chi connectivity index (χ2n) is 3.59. The minimum atomic E-state index is -0.989. The molecule has 1 aromatic heterocycles. The monoisotopic (exact) mass is 297 g/mol. The summed E-state index contributed by atoms with van der Waals surface area (Å²) in [5.74, 6) is -1.33. The number of aromatic nitrogens is 1. The molecule has 0 amide bonds. The van der Waals surface area contributed by atoms with Crippen LogP contribution in [0.25, 0.3) is 11.3 Å². The Bertz CT molecular complexity index is 592. The number of carboxylic acids is 1. The lowest BCUT2D eigenvalue weighted by Gasteiger charge is -2.07. The van der Waals surface area contributed by atoms with Gasteiger partial charge in [0.25, 0.3) is 0 Å². The van der Waals surface area contributed by atoms with Crippen molar-refractivity contribution in [2.24, 2.45) is 7.05 Å². The molecule has 1 N–H and O–H groups in total. The lowest BCUT2D eigenvalue weighted by molar-refractivity contribution is 0.0687. The van der Waals surface area contributed by atoms with Crippen molar-refractivity contribution in [2.75, 3.05) is 0 Å². The third-order valence-corrected chi connectivity index (χ3v) is 3.20. The van der Waals surface area contributed by atoms with Crippen LogP contribution in [0.1, 0.15) is 10.5 Å². The molecule has 2 rings (SSSR count). The van der Waals surface area contributed by atoms with Gasteiger partial charge in [0.15, 0.2) is 0 Å². The highest BCUT2D eigenvalue weighted by atomic mass is 79.9. The first-order valence-electron chi connectivity index (χ1n) is 4.85. The molecule has 3 nitrogen and oxygen atoms in total. The first-order chi connectivity index (χ1) is 8.00. The maximum Gasteiger partial charge on any atom is 0.352 e. The van der Waals surface area contributed by atoms with Crippen molar-refractivity contribution >= 4 is 21.9 Å². The summed E-state index contributed by atoms with van der Waals surface area (Å²) in [6.07, 6.45) is 0. The predicted molar refractivity (Wildman–Crippen MR) is 65.5 cm³/mol. The van der Waals surface area contributed by atoms with Crippen LogP contribution in [-0.4, -0.2) is 15.6 Å². The van der Waals surface area contributed by atoms with Crippen LogP contribution in [0.3, 0.4) is 0 Å². The Morgan fingerprint density at radius 2 is 2.06 bits per heavy atom. The van der Waals surface area contributed by atoms with Crippen LogP contribution in [0.4, 0.5) is 4.39 Å². The molecule has 5 heteroatoms. The van der Waals surface area contributed by atoms with Gasteiger partial charge in [-0.3, -0.25) is 0 Å². The van der Waals surface area contributed by atoms with Gasteiger partial charge in [-0.15, -0.1) is 0 Å². The fourth-order valence-corrected chi connectivity index (χ4v) is 2.25. The Labute approximate surface area is 106 Å². The van der Waals surface area contributed by atoms with Crippen LogP contribution in [0.2, 0.25) is 0 Å². The van der Waals surface area contributed by atoms with Gasteiger partial charge in [0.05, 0.1) is 0 Å². The highest BCUT2D eigenvalue weighted by Crippen LogP contribution is 2.29. The number of carbonyl (C=O) groups is 1. The zero-order valence-corrected chi connectivity index (χ0v) is 10.5. The molecular formula is C12H9BrFNO2. The van der Waals surface area contributed by atoms with E-state index in [1.807, 2.05) is 0 Å². The van der Waals surface area contributed by atoms with Crippen LogP contribution in [0.15, 0.2) is 34.8 Å². The molecular weight excluding hydrogens is 289 g/mol. The molecule has 0 aliphatic carbocycles. The number of aromatic carboxylic acids is 1. The smallest absolute Gasteiger partial charge is 0.352 e. The number of hydrogen-bond acceptors (Lipinski definition) is 1. The van der Waals surface area contributed by atoms with Crippen LogP contribution in [-0.2, 0) is 7.05 Å². The molecule has 0 aliphatic rings. The van der Waals surface area contributed by atoms with Crippen molar-refractivity contribution < 1.29 is 14.3 Å². The standard InChI is InChI=1S/C12H9BrFNO2/c1-15-10(4-5-11(15)12(16)17)8-3-2-7(14)6-9(8)13/h2-6H,1H3,(H,16,17). The number of rotatable bonds is 2. The molecule has 0 saturated heterocycles. The van der Waals surface area contributed by atoms with E-state index in [0.29, 0.717) is 10.2 Å². The van der Waals surface area contributed by atoms with Gasteiger partial charge in [0.1, 0.15) is 11.5 Å². The Kier molecular flexibility index (Phi) is 3.02. The Morgan fingerprint density at radius 3 is 2.59 bits per heavy atom. The highest BCUT2D eigenvalue weighted by molar-refractivity contribution is 9.10. The molecule has 0 saturated carbocycles. The second-order valence-corrected chi connectivity index (χ2v) is 4.45. The van der Waals surface area contributed by atoms with E-state index in [9.17, 15) is 9.18 Å². The largest absolute Gasteiger partial charge is 0.477 e. The van der Waals surface area contributed by atoms with Crippen LogP contribution in [0, 0.1) is 5.82 Å². The summed E-state index contributed by atoms with van der Waals surface area (Å²) in [7, 11) is 1.66. The number of nitrogens with zero attached hydrogens (tertiary/aromatic N) is 1. The molecule has 17 heavy (non-hydrogen) atoms. The average molecular weight is 298 g/mol. The van der Waals surface area contributed by atoms with Gasteiger partial charge in [0, 0.05) is 22.8 Å². The molecule has 0 atom stereocenters. The van der Waals surface area contributed by atoms with Crippen molar-refractivity contribution in [3.8, 4) is 11.3 Å². The topological polar surface area (TPSA) is 42.2 Å². The number of hydrogen-bond donors (Lipinski definition) is 1. The summed E-state index contributed by atoms with van der Waals surface area (Å²) in [6.45, 7) is 0. The lowest BCUT2D eigenvalue weighted by atomic mass is 10.1. The minimum absolute atomic E-state index is 0.191. The minimum Gasteiger partial charge on any atom is -0.477 e. The highest BCUT2D eigenvalue weighted by Gasteiger charge is 2.14. The van der Waals surface area contributed by atoms with Gasteiger partial charge in [-0.25, -0.2) is 9.18 Å². The zero-order chi connectivity index (χ0) is 12.6. The van der Waals surface area contributed by atoms with Crippen LogP contribution in [0.5, 0.6) is 0 Å². The van der Waals surface area contributed by atoms with Crippen molar-refractivity contribution in [3.05, 3.63) is 46.3 Å². The SMILES string of the molecule is Cn1c(C(=O)O)ccc1-c1ccc(F)cc1Br. The molecule has 0 aliphatic heterocycles. The summed E-state index contributed by atoms with van der Waals surface area (Å²) in [5.41, 5.74) is 1.66. The Hall–Kier alpha value is -1.62. The van der Waals surface area contributed by atoms with Crippen molar-refractivity contribution in [1.82, 2.24) is 4.57 Å². The van der Waals surface area contributed by atoms with E-state index in [0.717, 1.165) is 5.56 Å². The third-order valence-electron chi connectivity index (χ3n) is 2.55. The molecule has 2 aromatic rings. The summed E-state index contributed by atoms with van der Waals surface area (Å²) >= 11 is 3.26. The fraction of sp³-hybridized carbons (Fsp3) is 0.0833.